The van der Waals surface area contributed by atoms with E-state index in [4.69, 9.17) is 5.73 Å². The van der Waals surface area contributed by atoms with Gasteiger partial charge in [0.2, 0.25) is 0 Å². The SMILES string of the molecule is Cc1cc(N)cc(-c2nnnn2CC2(C(C)C)CC2)c1. The molecule has 1 heterocycles. The third kappa shape index (κ3) is 2.28. The second-order valence-corrected chi connectivity index (χ2v) is 6.31. The van der Waals surface area contributed by atoms with Crippen LogP contribution in [-0.2, 0) is 6.54 Å². The molecule has 2 aromatic rings. The van der Waals surface area contributed by atoms with Gasteiger partial charge < -0.3 is 5.73 Å². The molecule has 1 aliphatic carbocycles. The highest BCUT2D eigenvalue weighted by Gasteiger charge is 2.46. The first kappa shape index (κ1) is 13.1. The lowest BCUT2D eigenvalue weighted by atomic mass is 9.92. The van der Waals surface area contributed by atoms with Crippen LogP contribution in [0.5, 0.6) is 0 Å². The maximum atomic E-state index is 5.93. The third-order valence-electron chi connectivity index (χ3n) is 4.47. The number of aryl methyl sites for hydroxylation is 1. The fourth-order valence-corrected chi connectivity index (χ4v) is 2.84. The average Bonchev–Trinajstić information content (AvgIpc) is 2.99. The number of aromatic nitrogens is 4. The molecule has 1 saturated carbocycles. The van der Waals surface area contributed by atoms with Crippen LogP contribution in [-0.4, -0.2) is 20.2 Å². The fraction of sp³-hybridized carbons (Fsp3) is 0.533. The summed E-state index contributed by atoms with van der Waals surface area (Å²) in [4.78, 5) is 0. The lowest BCUT2D eigenvalue weighted by Gasteiger charge is -2.19. The minimum absolute atomic E-state index is 0.375. The third-order valence-corrected chi connectivity index (χ3v) is 4.47. The first-order valence-corrected chi connectivity index (χ1v) is 7.14. The van der Waals surface area contributed by atoms with E-state index >= 15 is 0 Å². The molecule has 0 bridgehead atoms. The van der Waals surface area contributed by atoms with E-state index in [1.54, 1.807) is 0 Å². The highest BCUT2D eigenvalue weighted by molar-refractivity contribution is 5.62. The summed E-state index contributed by atoms with van der Waals surface area (Å²) in [6, 6.07) is 5.96. The molecule has 1 aromatic heterocycles. The quantitative estimate of drug-likeness (QED) is 0.868. The van der Waals surface area contributed by atoms with Crippen molar-refractivity contribution in [3.8, 4) is 11.4 Å². The van der Waals surface area contributed by atoms with Crippen molar-refractivity contribution in [3.05, 3.63) is 23.8 Å². The zero-order chi connectivity index (χ0) is 14.3. The van der Waals surface area contributed by atoms with Crippen molar-refractivity contribution in [1.82, 2.24) is 20.2 Å². The number of hydrogen-bond acceptors (Lipinski definition) is 4. The first-order chi connectivity index (χ1) is 9.50. The van der Waals surface area contributed by atoms with Gasteiger partial charge in [0.25, 0.3) is 0 Å². The Balaban J connectivity index is 1.94. The van der Waals surface area contributed by atoms with E-state index in [2.05, 4.69) is 35.4 Å². The summed E-state index contributed by atoms with van der Waals surface area (Å²) in [5, 5.41) is 12.2. The summed E-state index contributed by atoms with van der Waals surface area (Å²) in [7, 11) is 0. The molecule has 0 radical (unpaired) electrons. The van der Waals surface area contributed by atoms with Crippen molar-refractivity contribution in [3.63, 3.8) is 0 Å². The molecule has 1 fully saturated rings. The number of nitrogens with two attached hydrogens (primary N) is 1. The standard InChI is InChI=1S/C15H21N5/c1-10(2)15(4-5-15)9-20-14(17-18-19-20)12-6-11(3)7-13(16)8-12/h6-8,10H,4-5,9,16H2,1-3H3. The van der Waals surface area contributed by atoms with Gasteiger partial charge in [0.15, 0.2) is 5.82 Å². The number of nitrogen functional groups attached to an aromatic ring is 1. The molecule has 0 spiro atoms. The molecule has 0 saturated heterocycles. The Hall–Kier alpha value is -1.91. The summed E-state index contributed by atoms with van der Waals surface area (Å²) < 4.78 is 1.93. The maximum absolute atomic E-state index is 5.93. The molecular formula is C15H21N5. The van der Waals surface area contributed by atoms with E-state index in [0.717, 1.165) is 29.2 Å². The second kappa shape index (κ2) is 4.58. The second-order valence-electron chi connectivity index (χ2n) is 6.31. The van der Waals surface area contributed by atoms with E-state index in [1.165, 1.54) is 12.8 Å². The van der Waals surface area contributed by atoms with Crippen LogP contribution in [0.2, 0.25) is 0 Å². The van der Waals surface area contributed by atoms with E-state index in [0.29, 0.717) is 11.3 Å². The highest BCUT2D eigenvalue weighted by atomic mass is 15.5. The molecule has 0 atom stereocenters. The van der Waals surface area contributed by atoms with E-state index < -0.39 is 0 Å². The van der Waals surface area contributed by atoms with Gasteiger partial charge in [-0.1, -0.05) is 13.8 Å². The van der Waals surface area contributed by atoms with Gasteiger partial charge in [-0.25, -0.2) is 4.68 Å². The normalized spacial score (nSPS) is 16.6. The van der Waals surface area contributed by atoms with E-state index in [9.17, 15) is 0 Å². The lowest BCUT2D eigenvalue weighted by Crippen LogP contribution is -2.19. The Bertz CT molecular complexity index is 605. The molecule has 2 N–H and O–H groups in total. The van der Waals surface area contributed by atoms with Gasteiger partial charge in [0.05, 0.1) is 6.54 Å². The summed E-state index contributed by atoms with van der Waals surface area (Å²) in [5.74, 6) is 1.47. The smallest absolute Gasteiger partial charge is 0.182 e. The van der Waals surface area contributed by atoms with Crippen LogP contribution in [0.25, 0.3) is 11.4 Å². The number of hydrogen-bond donors (Lipinski definition) is 1. The molecule has 5 nitrogen and oxygen atoms in total. The van der Waals surface area contributed by atoms with Crippen molar-refractivity contribution in [2.45, 2.75) is 40.2 Å². The zero-order valence-electron chi connectivity index (χ0n) is 12.3. The van der Waals surface area contributed by atoms with Crippen molar-refractivity contribution in [1.29, 1.82) is 0 Å². The molecule has 0 aliphatic heterocycles. The Labute approximate surface area is 119 Å². The molecule has 106 valence electrons. The first-order valence-electron chi connectivity index (χ1n) is 7.14. The van der Waals surface area contributed by atoms with Gasteiger partial charge in [-0.2, -0.15) is 0 Å². The van der Waals surface area contributed by atoms with Gasteiger partial charge in [-0.3, -0.25) is 0 Å². The Morgan fingerprint density at radius 3 is 2.65 bits per heavy atom. The largest absolute Gasteiger partial charge is 0.399 e. The van der Waals surface area contributed by atoms with Crippen LogP contribution in [0.4, 0.5) is 5.69 Å². The fourth-order valence-electron chi connectivity index (χ4n) is 2.84. The number of anilines is 1. The summed E-state index contributed by atoms with van der Waals surface area (Å²) in [5.41, 5.74) is 9.17. The topological polar surface area (TPSA) is 69.6 Å². The van der Waals surface area contributed by atoms with Crippen LogP contribution in [0.15, 0.2) is 18.2 Å². The molecule has 1 aliphatic rings. The van der Waals surface area contributed by atoms with Crippen LogP contribution >= 0.6 is 0 Å². The van der Waals surface area contributed by atoms with E-state index in [1.807, 2.05) is 23.7 Å². The Morgan fingerprint density at radius 2 is 2.05 bits per heavy atom. The number of nitrogens with zero attached hydrogens (tertiary/aromatic N) is 4. The minimum Gasteiger partial charge on any atom is -0.399 e. The Morgan fingerprint density at radius 1 is 1.30 bits per heavy atom. The number of tetrazole rings is 1. The van der Waals surface area contributed by atoms with Crippen LogP contribution in [0.3, 0.4) is 0 Å². The van der Waals surface area contributed by atoms with Crippen LogP contribution in [0.1, 0.15) is 32.3 Å². The van der Waals surface area contributed by atoms with Gasteiger partial charge in [0, 0.05) is 11.3 Å². The number of benzene rings is 1. The van der Waals surface area contributed by atoms with Crippen LogP contribution < -0.4 is 5.73 Å². The van der Waals surface area contributed by atoms with E-state index in [-0.39, 0.29) is 0 Å². The average molecular weight is 271 g/mol. The molecule has 1 aromatic carbocycles. The van der Waals surface area contributed by atoms with Gasteiger partial charge in [-0.05, 0) is 65.3 Å². The van der Waals surface area contributed by atoms with Crippen molar-refractivity contribution in [2.24, 2.45) is 11.3 Å². The van der Waals surface area contributed by atoms with Gasteiger partial charge in [-0.15, -0.1) is 5.10 Å². The highest BCUT2D eigenvalue weighted by Crippen LogP contribution is 2.53. The predicted octanol–water partition coefficient (Wildman–Crippen LogP) is 2.67. The van der Waals surface area contributed by atoms with Gasteiger partial charge in [0.1, 0.15) is 0 Å². The van der Waals surface area contributed by atoms with Crippen LogP contribution in [0, 0.1) is 18.3 Å². The molecule has 3 rings (SSSR count). The molecule has 5 heteroatoms. The van der Waals surface area contributed by atoms with Crippen molar-refractivity contribution in [2.75, 3.05) is 5.73 Å². The summed E-state index contributed by atoms with van der Waals surface area (Å²) in [6.07, 6.45) is 2.53. The predicted molar refractivity (Wildman–Crippen MR) is 78.9 cm³/mol. The lowest BCUT2D eigenvalue weighted by molar-refractivity contribution is 0.294. The summed E-state index contributed by atoms with van der Waals surface area (Å²) in [6.45, 7) is 7.48. The maximum Gasteiger partial charge on any atom is 0.182 e. The molecule has 0 unspecified atom stereocenters. The van der Waals surface area contributed by atoms with Crippen molar-refractivity contribution >= 4 is 5.69 Å². The number of rotatable bonds is 4. The monoisotopic (exact) mass is 271 g/mol. The zero-order valence-corrected chi connectivity index (χ0v) is 12.3. The summed E-state index contributed by atoms with van der Waals surface area (Å²) >= 11 is 0. The van der Waals surface area contributed by atoms with Gasteiger partial charge >= 0.3 is 0 Å². The Kier molecular flexibility index (Phi) is 3.00. The van der Waals surface area contributed by atoms with Crippen molar-refractivity contribution < 1.29 is 0 Å². The molecule has 20 heavy (non-hydrogen) atoms. The molecular weight excluding hydrogens is 250 g/mol. The minimum atomic E-state index is 0.375. The molecule has 0 amide bonds.